The first-order chi connectivity index (χ1) is 9.01. The molecule has 0 aliphatic heterocycles. The molecule has 104 valence electrons. The largest absolute Gasteiger partial charge is 0.293 e. The highest BCUT2D eigenvalue weighted by Crippen LogP contribution is 2.41. The Labute approximate surface area is 115 Å². The summed E-state index contributed by atoms with van der Waals surface area (Å²) in [4.78, 5) is 12.4. The van der Waals surface area contributed by atoms with Crippen LogP contribution in [0.2, 0.25) is 0 Å². The van der Waals surface area contributed by atoms with Crippen molar-refractivity contribution in [2.45, 2.75) is 58.3 Å². The molecule has 0 radical (unpaired) electrons. The van der Waals surface area contributed by atoms with Crippen LogP contribution < -0.4 is 11.3 Å². The molecular weight excluding hydrogens is 236 g/mol. The maximum Gasteiger partial charge on any atom is 0.244 e. The highest BCUT2D eigenvalue weighted by atomic mass is 16.2. The number of nitrogens with one attached hydrogen (secondary N) is 1. The molecular formula is C16H24N2O. The Morgan fingerprint density at radius 2 is 1.63 bits per heavy atom. The van der Waals surface area contributed by atoms with Crippen LogP contribution in [0.1, 0.15) is 54.4 Å². The molecule has 0 unspecified atom stereocenters. The van der Waals surface area contributed by atoms with Crippen molar-refractivity contribution in [1.29, 1.82) is 0 Å². The van der Waals surface area contributed by atoms with Crippen LogP contribution in [0.4, 0.5) is 0 Å². The summed E-state index contributed by atoms with van der Waals surface area (Å²) in [7, 11) is 0. The highest BCUT2D eigenvalue weighted by molar-refractivity contribution is 5.88. The van der Waals surface area contributed by atoms with Gasteiger partial charge in [-0.15, -0.1) is 0 Å². The van der Waals surface area contributed by atoms with Gasteiger partial charge in [-0.2, -0.15) is 0 Å². The smallest absolute Gasteiger partial charge is 0.244 e. The van der Waals surface area contributed by atoms with Crippen LogP contribution in [0.5, 0.6) is 0 Å². The lowest BCUT2D eigenvalue weighted by molar-refractivity contribution is -0.128. The lowest BCUT2D eigenvalue weighted by atomic mass is 9.67. The van der Waals surface area contributed by atoms with Gasteiger partial charge in [-0.05, 0) is 55.9 Å². The van der Waals surface area contributed by atoms with Gasteiger partial charge in [0.25, 0.3) is 0 Å². The molecule has 0 bridgehead atoms. The van der Waals surface area contributed by atoms with Crippen LogP contribution in [-0.4, -0.2) is 5.91 Å². The zero-order valence-electron chi connectivity index (χ0n) is 12.2. The summed E-state index contributed by atoms with van der Waals surface area (Å²) in [5.74, 6) is 5.41. The second-order valence-corrected chi connectivity index (χ2v) is 5.87. The second-order valence-electron chi connectivity index (χ2n) is 5.87. The van der Waals surface area contributed by atoms with E-state index in [1.54, 1.807) is 0 Å². The van der Waals surface area contributed by atoms with E-state index in [2.05, 4.69) is 38.3 Å². The molecule has 19 heavy (non-hydrogen) atoms. The number of amides is 1. The third-order valence-corrected chi connectivity index (χ3v) is 4.63. The van der Waals surface area contributed by atoms with E-state index in [1.807, 2.05) is 0 Å². The third kappa shape index (κ3) is 2.39. The van der Waals surface area contributed by atoms with Gasteiger partial charge in [-0.1, -0.05) is 31.4 Å². The van der Waals surface area contributed by atoms with Gasteiger partial charge in [-0.3, -0.25) is 10.2 Å². The van der Waals surface area contributed by atoms with Crippen molar-refractivity contribution < 1.29 is 4.79 Å². The van der Waals surface area contributed by atoms with Crippen molar-refractivity contribution in [3.63, 3.8) is 0 Å². The number of hydrogen-bond donors (Lipinski definition) is 2. The van der Waals surface area contributed by atoms with E-state index < -0.39 is 5.41 Å². The number of benzene rings is 1. The Bertz CT molecular complexity index is 488. The zero-order chi connectivity index (χ0) is 14.0. The predicted molar refractivity (Wildman–Crippen MR) is 77.7 cm³/mol. The second kappa shape index (κ2) is 5.33. The van der Waals surface area contributed by atoms with Crippen molar-refractivity contribution in [3.05, 3.63) is 34.4 Å². The number of hydrazine groups is 1. The van der Waals surface area contributed by atoms with Crippen LogP contribution >= 0.6 is 0 Å². The first kappa shape index (κ1) is 14.1. The minimum atomic E-state index is -0.421. The van der Waals surface area contributed by atoms with Gasteiger partial charge in [0.2, 0.25) is 5.91 Å². The van der Waals surface area contributed by atoms with E-state index in [0.717, 1.165) is 25.7 Å². The normalized spacial score (nSPS) is 18.1. The molecule has 0 atom stereocenters. The molecule has 0 heterocycles. The van der Waals surface area contributed by atoms with Crippen LogP contribution in [0.3, 0.4) is 0 Å². The number of aryl methyl sites for hydroxylation is 3. The van der Waals surface area contributed by atoms with Crippen molar-refractivity contribution >= 4 is 5.91 Å². The SMILES string of the molecule is Cc1cc(C)c(C2(C(=O)NN)CCCCC2)cc1C. The summed E-state index contributed by atoms with van der Waals surface area (Å²) in [6.07, 6.45) is 5.21. The molecule has 1 aliphatic rings. The summed E-state index contributed by atoms with van der Waals surface area (Å²) in [6.45, 7) is 6.32. The Balaban J connectivity index is 2.55. The zero-order valence-corrected chi connectivity index (χ0v) is 12.2. The Morgan fingerprint density at radius 3 is 2.21 bits per heavy atom. The van der Waals surface area contributed by atoms with Crippen molar-refractivity contribution in [2.24, 2.45) is 5.84 Å². The van der Waals surface area contributed by atoms with Crippen LogP contribution in [-0.2, 0) is 10.2 Å². The van der Waals surface area contributed by atoms with Gasteiger partial charge in [-0.25, -0.2) is 5.84 Å². The fourth-order valence-electron chi connectivity index (χ4n) is 3.39. The van der Waals surface area contributed by atoms with Gasteiger partial charge in [0.05, 0.1) is 5.41 Å². The van der Waals surface area contributed by atoms with Gasteiger partial charge in [0.15, 0.2) is 0 Å². The van der Waals surface area contributed by atoms with Crippen molar-refractivity contribution in [2.75, 3.05) is 0 Å². The fraction of sp³-hybridized carbons (Fsp3) is 0.562. The minimum Gasteiger partial charge on any atom is -0.293 e. The van der Waals surface area contributed by atoms with Crippen molar-refractivity contribution in [3.8, 4) is 0 Å². The van der Waals surface area contributed by atoms with E-state index in [1.165, 1.54) is 28.7 Å². The first-order valence-electron chi connectivity index (χ1n) is 7.10. The molecule has 1 amide bonds. The minimum absolute atomic E-state index is 0.0291. The molecule has 1 aromatic carbocycles. The summed E-state index contributed by atoms with van der Waals surface area (Å²) < 4.78 is 0. The number of carbonyl (C=O) groups is 1. The van der Waals surface area contributed by atoms with Crippen molar-refractivity contribution in [1.82, 2.24) is 5.43 Å². The summed E-state index contributed by atoms with van der Waals surface area (Å²) in [6, 6.07) is 4.37. The summed E-state index contributed by atoms with van der Waals surface area (Å²) in [5, 5.41) is 0. The van der Waals surface area contributed by atoms with Gasteiger partial charge in [0.1, 0.15) is 0 Å². The van der Waals surface area contributed by atoms with Crippen LogP contribution in [0.25, 0.3) is 0 Å². The van der Waals surface area contributed by atoms with Gasteiger partial charge < -0.3 is 0 Å². The van der Waals surface area contributed by atoms with Gasteiger partial charge in [0, 0.05) is 0 Å². The lowest BCUT2D eigenvalue weighted by Crippen LogP contribution is -2.48. The molecule has 3 heteroatoms. The fourth-order valence-corrected chi connectivity index (χ4v) is 3.39. The Kier molecular flexibility index (Phi) is 3.95. The quantitative estimate of drug-likeness (QED) is 0.488. The third-order valence-electron chi connectivity index (χ3n) is 4.63. The van der Waals surface area contributed by atoms with E-state index in [0.29, 0.717) is 0 Å². The summed E-state index contributed by atoms with van der Waals surface area (Å²) in [5.41, 5.74) is 6.87. The number of nitrogens with two attached hydrogens (primary N) is 1. The highest BCUT2D eigenvalue weighted by Gasteiger charge is 2.41. The van der Waals surface area contributed by atoms with E-state index in [-0.39, 0.29) is 5.91 Å². The van der Waals surface area contributed by atoms with Crippen LogP contribution in [0, 0.1) is 20.8 Å². The average Bonchev–Trinajstić information content (AvgIpc) is 2.42. The monoisotopic (exact) mass is 260 g/mol. The topological polar surface area (TPSA) is 55.1 Å². The number of rotatable bonds is 2. The first-order valence-corrected chi connectivity index (χ1v) is 7.10. The molecule has 2 rings (SSSR count). The molecule has 3 nitrogen and oxygen atoms in total. The predicted octanol–water partition coefficient (Wildman–Crippen LogP) is 2.80. The lowest BCUT2D eigenvalue weighted by Gasteiger charge is -2.37. The molecule has 0 spiro atoms. The average molecular weight is 260 g/mol. The molecule has 1 aliphatic carbocycles. The molecule has 1 saturated carbocycles. The maximum atomic E-state index is 12.4. The number of carbonyl (C=O) groups excluding carboxylic acids is 1. The Morgan fingerprint density at radius 1 is 1.05 bits per heavy atom. The standard InChI is InChI=1S/C16H24N2O/c1-11-9-13(3)14(10-12(11)2)16(15(19)18-17)7-5-4-6-8-16/h9-10H,4-8,17H2,1-3H3,(H,18,19). The van der Waals surface area contributed by atoms with Crippen LogP contribution in [0.15, 0.2) is 12.1 Å². The molecule has 1 fully saturated rings. The maximum absolute atomic E-state index is 12.4. The molecule has 0 aromatic heterocycles. The van der Waals surface area contributed by atoms with E-state index >= 15 is 0 Å². The van der Waals surface area contributed by atoms with Gasteiger partial charge >= 0.3 is 0 Å². The summed E-state index contributed by atoms with van der Waals surface area (Å²) >= 11 is 0. The van der Waals surface area contributed by atoms with E-state index in [4.69, 9.17) is 5.84 Å². The molecule has 3 N–H and O–H groups in total. The van der Waals surface area contributed by atoms with E-state index in [9.17, 15) is 4.79 Å². The Hall–Kier alpha value is -1.35. The molecule has 1 aromatic rings. The molecule has 0 saturated heterocycles. The number of hydrogen-bond acceptors (Lipinski definition) is 2.